The van der Waals surface area contributed by atoms with Crippen LogP contribution in [0.1, 0.15) is 37.7 Å². The van der Waals surface area contributed by atoms with Gasteiger partial charge in [-0.3, -0.25) is 4.90 Å². The Morgan fingerprint density at radius 1 is 1.13 bits per heavy atom. The number of nitrogens with zero attached hydrogens (tertiary/aromatic N) is 5. The van der Waals surface area contributed by atoms with Gasteiger partial charge in [-0.05, 0) is 38.3 Å². The summed E-state index contributed by atoms with van der Waals surface area (Å²) in [6.45, 7) is 0.795. The molecular formula is C29H28ClF8N7O. The molecule has 3 aromatic rings. The third-order valence-corrected chi connectivity index (χ3v) is 9.94. The van der Waals surface area contributed by atoms with Gasteiger partial charge in [0, 0.05) is 43.5 Å². The van der Waals surface area contributed by atoms with Crippen molar-refractivity contribution in [3.63, 3.8) is 0 Å². The van der Waals surface area contributed by atoms with Gasteiger partial charge in [-0.15, -0.1) is 0 Å². The molecule has 0 spiro atoms. The average Bonchev–Trinajstić information content (AvgIpc) is 3.60. The Labute approximate surface area is 262 Å². The fourth-order valence-electron chi connectivity index (χ4n) is 7.63. The summed E-state index contributed by atoms with van der Waals surface area (Å²) < 4.78 is 122. The van der Waals surface area contributed by atoms with E-state index in [2.05, 4.69) is 20.3 Å². The number of hydrogen-bond acceptors (Lipinski definition) is 8. The quantitative estimate of drug-likeness (QED) is 0.319. The first-order valence-corrected chi connectivity index (χ1v) is 15.1. The summed E-state index contributed by atoms with van der Waals surface area (Å²) in [5.74, 6) is -3.86. The molecule has 6 heterocycles. The minimum Gasteiger partial charge on any atom is -0.461 e. The van der Waals surface area contributed by atoms with E-state index in [1.807, 2.05) is 4.90 Å². The Balaban J connectivity index is 1.39. The molecule has 17 heteroatoms. The van der Waals surface area contributed by atoms with Crippen LogP contribution in [0, 0.1) is 11.6 Å². The number of ether oxygens (including phenoxy) is 1. The monoisotopic (exact) mass is 677 g/mol. The van der Waals surface area contributed by atoms with E-state index in [1.54, 1.807) is 0 Å². The molecule has 2 aromatic heterocycles. The Morgan fingerprint density at radius 3 is 2.65 bits per heavy atom. The van der Waals surface area contributed by atoms with E-state index in [1.165, 1.54) is 4.90 Å². The SMILES string of the molecule is Nc1cc(F)c(C(F)(F)F)c(-c2c(Cl)cc3c(N4C[C@H]5CCC(C(F)F)(C4)N5)nc(OCC45CCCN4CC(F)C5)nc3c2F)n1. The number of piperazine rings is 1. The second kappa shape index (κ2) is 10.9. The lowest BCUT2D eigenvalue weighted by atomic mass is 9.95. The number of nitrogen functional groups attached to an aromatic ring is 1. The van der Waals surface area contributed by atoms with E-state index in [-0.39, 0.29) is 56.3 Å². The van der Waals surface area contributed by atoms with Gasteiger partial charge in [-0.25, -0.2) is 26.9 Å². The Kier molecular flexibility index (Phi) is 7.44. The summed E-state index contributed by atoms with van der Waals surface area (Å²) in [6.07, 6.45) is -6.87. The first kappa shape index (κ1) is 31.4. The van der Waals surface area contributed by atoms with Crippen molar-refractivity contribution >= 4 is 34.1 Å². The third kappa shape index (κ3) is 5.07. The number of nitrogens with one attached hydrogen (secondary N) is 1. The summed E-state index contributed by atoms with van der Waals surface area (Å²) in [5, 5.41) is 2.29. The van der Waals surface area contributed by atoms with Crippen LogP contribution in [-0.2, 0) is 6.18 Å². The lowest BCUT2D eigenvalue weighted by Gasteiger charge is -2.41. The van der Waals surface area contributed by atoms with Crippen molar-refractivity contribution in [2.24, 2.45) is 0 Å². The van der Waals surface area contributed by atoms with Crippen molar-refractivity contribution < 1.29 is 39.9 Å². The van der Waals surface area contributed by atoms with E-state index in [0.29, 0.717) is 25.5 Å². The maximum Gasteiger partial charge on any atom is 0.421 e. The van der Waals surface area contributed by atoms with Crippen LogP contribution in [0.5, 0.6) is 6.01 Å². The second-order valence-electron chi connectivity index (χ2n) is 12.6. The number of nitrogens with two attached hydrogens (primary N) is 1. The molecule has 46 heavy (non-hydrogen) atoms. The summed E-state index contributed by atoms with van der Waals surface area (Å²) >= 11 is 6.40. The molecule has 0 amide bonds. The van der Waals surface area contributed by atoms with Gasteiger partial charge in [0.1, 0.15) is 41.3 Å². The molecule has 0 saturated carbocycles. The number of anilines is 2. The number of aromatic nitrogens is 3. The molecule has 8 nitrogen and oxygen atoms in total. The molecule has 7 rings (SSSR count). The molecular weight excluding hydrogens is 650 g/mol. The van der Waals surface area contributed by atoms with Gasteiger partial charge < -0.3 is 20.7 Å². The zero-order chi connectivity index (χ0) is 32.8. The zero-order valence-electron chi connectivity index (χ0n) is 24.1. The molecule has 4 aliphatic heterocycles. The molecule has 4 atom stereocenters. The topological polar surface area (TPSA) is 92.4 Å². The lowest BCUT2D eigenvalue weighted by molar-refractivity contribution is -0.139. The van der Waals surface area contributed by atoms with Crippen LogP contribution in [-0.4, -0.2) is 82.4 Å². The van der Waals surface area contributed by atoms with Crippen LogP contribution in [0.15, 0.2) is 12.1 Å². The lowest BCUT2D eigenvalue weighted by Crippen LogP contribution is -2.63. The molecule has 3 N–H and O–H groups in total. The normalized spacial score (nSPS) is 28.1. The van der Waals surface area contributed by atoms with Crippen LogP contribution in [0.4, 0.5) is 46.8 Å². The molecule has 4 saturated heterocycles. The number of benzene rings is 1. The average molecular weight is 678 g/mol. The first-order chi connectivity index (χ1) is 21.7. The Morgan fingerprint density at radius 2 is 1.91 bits per heavy atom. The van der Waals surface area contributed by atoms with Crippen molar-refractivity contribution in [2.75, 3.05) is 43.4 Å². The van der Waals surface area contributed by atoms with Gasteiger partial charge in [0.15, 0.2) is 5.82 Å². The fourth-order valence-corrected chi connectivity index (χ4v) is 7.91. The first-order valence-electron chi connectivity index (χ1n) is 14.8. The maximum atomic E-state index is 16.5. The predicted molar refractivity (Wildman–Crippen MR) is 153 cm³/mol. The van der Waals surface area contributed by atoms with Crippen molar-refractivity contribution in [1.82, 2.24) is 25.2 Å². The van der Waals surface area contributed by atoms with Crippen molar-refractivity contribution in [1.29, 1.82) is 0 Å². The zero-order valence-corrected chi connectivity index (χ0v) is 24.8. The van der Waals surface area contributed by atoms with E-state index in [9.17, 15) is 30.7 Å². The van der Waals surface area contributed by atoms with E-state index in [0.717, 1.165) is 12.5 Å². The fraction of sp³-hybridized carbons (Fsp3) is 0.552. The minimum absolute atomic E-state index is 0.0240. The number of fused-ring (bicyclic) bond motifs is 4. The van der Waals surface area contributed by atoms with Crippen LogP contribution in [0.2, 0.25) is 5.02 Å². The molecule has 0 radical (unpaired) electrons. The van der Waals surface area contributed by atoms with Crippen molar-refractivity contribution in [2.45, 2.75) is 68.0 Å². The predicted octanol–water partition coefficient (Wildman–Crippen LogP) is 5.76. The van der Waals surface area contributed by atoms with Crippen LogP contribution < -0.4 is 20.7 Å². The number of alkyl halides is 6. The number of rotatable bonds is 6. The van der Waals surface area contributed by atoms with Crippen molar-refractivity contribution in [3.05, 3.63) is 34.4 Å². The van der Waals surface area contributed by atoms with Gasteiger partial charge in [-0.1, -0.05) is 11.6 Å². The maximum absolute atomic E-state index is 16.5. The van der Waals surface area contributed by atoms with Crippen LogP contribution >= 0.6 is 11.6 Å². The molecule has 3 unspecified atom stereocenters. The highest BCUT2D eigenvalue weighted by molar-refractivity contribution is 6.34. The van der Waals surface area contributed by atoms with Gasteiger partial charge in [-0.2, -0.15) is 23.1 Å². The molecule has 1 aromatic carbocycles. The number of halogens is 9. The van der Waals surface area contributed by atoms with Gasteiger partial charge >= 0.3 is 12.2 Å². The van der Waals surface area contributed by atoms with Crippen LogP contribution in [0.25, 0.3) is 22.2 Å². The highest BCUT2D eigenvalue weighted by atomic mass is 35.5. The Bertz CT molecular complexity index is 1710. The standard InChI is InChI=1S/C29H28ClF8N7O/c30-16-6-15-22(21(33)19(16)23-20(29(36,37)38)17(32)7-18(39)40-23)41-26(46-12-27-3-1-5-45(27)9-13(31)8-27)42-24(15)44-10-14-2-4-28(11-44,43-14)25(34)35/h6-7,13-14,25,43H,1-5,8-12H2,(H2,39,40)/t13?,14-,27?,28?/m1/s1. The Hall–Kier alpha value is -3.24. The summed E-state index contributed by atoms with van der Waals surface area (Å²) in [5.41, 5.74) is -1.20. The van der Waals surface area contributed by atoms with Gasteiger partial charge in [0.2, 0.25) is 0 Å². The summed E-state index contributed by atoms with van der Waals surface area (Å²) in [7, 11) is 0. The van der Waals surface area contributed by atoms with Crippen LogP contribution in [0.3, 0.4) is 0 Å². The number of hydrogen-bond donors (Lipinski definition) is 2. The highest BCUT2D eigenvalue weighted by Crippen LogP contribution is 2.46. The molecule has 4 aliphatic rings. The minimum atomic E-state index is -5.30. The molecule has 4 fully saturated rings. The number of pyridine rings is 1. The second-order valence-corrected chi connectivity index (χ2v) is 13.0. The summed E-state index contributed by atoms with van der Waals surface area (Å²) in [4.78, 5) is 15.8. The molecule has 248 valence electrons. The van der Waals surface area contributed by atoms with Crippen molar-refractivity contribution in [3.8, 4) is 17.3 Å². The van der Waals surface area contributed by atoms with Gasteiger partial charge in [0.25, 0.3) is 6.43 Å². The van der Waals surface area contributed by atoms with E-state index < -0.39 is 80.7 Å². The van der Waals surface area contributed by atoms with Gasteiger partial charge in [0.05, 0.1) is 27.4 Å². The molecule has 0 aliphatic carbocycles. The smallest absolute Gasteiger partial charge is 0.421 e. The third-order valence-electron chi connectivity index (χ3n) is 9.65. The summed E-state index contributed by atoms with van der Waals surface area (Å²) in [6, 6.07) is 0.715. The molecule has 2 bridgehead atoms. The largest absolute Gasteiger partial charge is 0.461 e. The van der Waals surface area contributed by atoms with E-state index >= 15 is 4.39 Å². The van der Waals surface area contributed by atoms with E-state index in [4.69, 9.17) is 22.1 Å². The highest BCUT2D eigenvalue weighted by Gasteiger charge is 2.52.